The Morgan fingerprint density at radius 2 is 2.11 bits per heavy atom. The summed E-state index contributed by atoms with van der Waals surface area (Å²) in [6.07, 6.45) is 1.72. The van der Waals surface area contributed by atoms with Crippen molar-refractivity contribution in [2.75, 3.05) is 7.11 Å². The van der Waals surface area contributed by atoms with Crippen LogP contribution in [0.2, 0.25) is 0 Å². The van der Waals surface area contributed by atoms with Gasteiger partial charge in [-0.3, -0.25) is 4.98 Å². The first-order valence-corrected chi connectivity index (χ1v) is 6.43. The van der Waals surface area contributed by atoms with E-state index in [9.17, 15) is 0 Å². The second-order valence-electron chi connectivity index (χ2n) is 4.09. The second-order valence-corrected chi connectivity index (χ2v) is 4.95. The predicted molar refractivity (Wildman–Crippen MR) is 75.7 cm³/mol. The van der Waals surface area contributed by atoms with E-state index in [0.717, 1.165) is 15.7 Å². The molecule has 0 spiro atoms. The van der Waals surface area contributed by atoms with E-state index in [1.54, 1.807) is 13.3 Å². The third-order valence-corrected chi connectivity index (χ3v) is 3.49. The number of rotatable bonds is 3. The molecule has 1 atom stereocenters. The number of nitrogens with two attached hydrogens (primary N) is 1. The molecule has 1 heterocycles. The van der Waals surface area contributed by atoms with Gasteiger partial charge in [0.25, 0.3) is 0 Å². The number of benzene rings is 1. The largest absolute Gasteiger partial charge is 0.495 e. The molecule has 4 heteroatoms. The molecule has 2 aromatic rings. The summed E-state index contributed by atoms with van der Waals surface area (Å²) in [6, 6.07) is 9.48. The summed E-state index contributed by atoms with van der Waals surface area (Å²) in [4.78, 5) is 4.32. The molecule has 1 unspecified atom stereocenters. The lowest BCUT2D eigenvalue weighted by Gasteiger charge is -2.16. The lowest BCUT2D eigenvalue weighted by molar-refractivity contribution is 0.404. The number of nitrogens with zero attached hydrogens (tertiary/aromatic N) is 1. The van der Waals surface area contributed by atoms with Crippen molar-refractivity contribution in [3.8, 4) is 5.75 Å². The summed E-state index contributed by atoms with van der Waals surface area (Å²) in [6.45, 7) is 2.04. The highest BCUT2D eigenvalue weighted by atomic mass is 79.9. The summed E-state index contributed by atoms with van der Waals surface area (Å²) >= 11 is 3.54. The molecule has 0 amide bonds. The Morgan fingerprint density at radius 3 is 2.78 bits per heavy atom. The van der Waals surface area contributed by atoms with Crippen LogP contribution in [0.5, 0.6) is 5.75 Å². The van der Waals surface area contributed by atoms with Crippen molar-refractivity contribution in [2.45, 2.75) is 13.0 Å². The molecule has 0 fully saturated rings. The minimum absolute atomic E-state index is 0.309. The Bertz CT molecular complexity index is 557. The number of hydrogen-bond donors (Lipinski definition) is 1. The minimum Gasteiger partial charge on any atom is -0.495 e. The van der Waals surface area contributed by atoms with Crippen LogP contribution in [-0.2, 0) is 0 Å². The summed E-state index contributed by atoms with van der Waals surface area (Å²) in [5.41, 5.74) is 9.20. The van der Waals surface area contributed by atoms with Gasteiger partial charge in [0.2, 0.25) is 0 Å². The van der Waals surface area contributed by atoms with Crippen LogP contribution in [0.4, 0.5) is 0 Å². The summed E-state index contributed by atoms with van der Waals surface area (Å²) in [5.74, 6) is 0.706. The van der Waals surface area contributed by atoms with Gasteiger partial charge in [-0.1, -0.05) is 28.1 Å². The lowest BCUT2D eigenvalue weighted by atomic mass is 10.0. The summed E-state index contributed by atoms with van der Waals surface area (Å²) in [5, 5.41) is 0. The third kappa shape index (κ3) is 2.54. The maximum Gasteiger partial charge on any atom is 0.142 e. The Kier molecular flexibility index (Phi) is 3.99. The molecule has 3 nitrogen and oxygen atoms in total. The van der Waals surface area contributed by atoms with Crippen LogP contribution >= 0.6 is 15.9 Å². The van der Waals surface area contributed by atoms with Crippen LogP contribution in [0, 0.1) is 6.92 Å². The first-order valence-electron chi connectivity index (χ1n) is 5.64. The summed E-state index contributed by atoms with van der Waals surface area (Å²) < 4.78 is 6.28. The molecule has 0 aliphatic rings. The molecule has 0 radical (unpaired) electrons. The molecule has 0 bridgehead atoms. The normalized spacial score (nSPS) is 12.2. The maximum atomic E-state index is 6.27. The number of hydrogen-bond acceptors (Lipinski definition) is 3. The highest BCUT2D eigenvalue weighted by Gasteiger charge is 2.17. The molecule has 94 valence electrons. The van der Waals surface area contributed by atoms with Crippen LogP contribution in [-0.4, -0.2) is 12.1 Å². The maximum absolute atomic E-state index is 6.27. The fourth-order valence-corrected chi connectivity index (χ4v) is 2.58. The molecule has 0 aliphatic heterocycles. The third-order valence-electron chi connectivity index (χ3n) is 2.81. The highest BCUT2D eigenvalue weighted by molar-refractivity contribution is 9.10. The van der Waals surface area contributed by atoms with Crippen molar-refractivity contribution in [3.63, 3.8) is 0 Å². The average Bonchev–Trinajstić information content (AvgIpc) is 2.38. The zero-order valence-corrected chi connectivity index (χ0v) is 11.9. The number of aromatic nitrogens is 1. The molecule has 0 saturated heterocycles. The number of pyridine rings is 1. The fraction of sp³-hybridized carbons (Fsp3) is 0.214. The quantitative estimate of drug-likeness (QED) is 0.947. The topological polar surface area (TPSA) is 48.1 Å². The number of aryl methyl sites for hydroxylation is 1. The minimum atomic E-state index is -0.309. The molecular formula is C14H15BrN2O. The number of ether oxygens (including phenoxy) is 1. The van der Waals surface area contributed by atoms with Crippen molar-refractivity contribution in [3.05, 3.63) is 57.8 Å². The van der Waals surface area contributed by atoms with Gasteiger partial charge in [-0.05, 0) is 36.2 Å². The number of methoxy groups -OCH3 is 1. The highest BCUT2D eigenvalue weighted by Crippen LogP contribution is 2.30. The van der Waals surface area contributed by atoms with Crippen LogP contribution in [0.15, 0.2) is 41.0 Å². The smallest absolute Gasteiger partial charge is 0.142 e. The van der Waals surface area contributed by atoms with E-state index in [2.05, 4.69) is 20.9 Å². The molecule has 0 aliphatic carbocycles. The Morgan fingerprint density at radius 1 is 1.33 bits per heavy atom. The molecule has 1 aromatic carbocycles. The van der Waals surface area contributed by atoms with Crippen LogP contribution in [0.3, 0.4) is 0 Å². The fourth-order valence-electron chi connectivity index (χ4n) is 1.84. The van der Waals surface area contributed by atoms with E-state index in [1.165, 1.54) is 5.56 Å². The van der Waals surface area contributed by atoms with Crippen molar-refractivity contribution in [1.29, 1.82) is 0 Å². The molecule has 1 aromatic heterocycles. The first-order chi connectivity index (χ1) is 8.63. The van der Waals surface area contributed by atoms with Gasteiger partial charge in [0.05, 0.1) is 13.2 Å². The molecule has 2 rings (SSSR count). The monoisotopic (exact) mass is 306 g/mol. The van der Waals surface area contributed by atoms with Gasteiger partial charge in [-0.2, -0.15) is 0 Å². The zero-order chi connectivity index (χ0) is 13.1. The van der Waals surface area contributed by atoms with E-state index in [4.69, 9.17) is 10.5 Å². The van der Waals surface area contributed by atoms with Crippen molar-refractivity contribution in [2.24, 2.45) is 5.73 Å². The molecule has 18 heavy (non-hydrogen) atoms. The van der Waals surface area contributed by atoms with Crippen LogP contribution < -0.4 is 10.5 Å². The predicted octanol–water partition coefficient (Wildman–Crippen LogP) is 3.21. The van der Waals surface area contributed by atoms with Gasteiger partial charge in [-0.25, -0.2) is 0 Å². The Balaban J connectivity index is 2.44. The van der Waals surface area contributed by atoms with E-state index >= 15 is 0 Å². The standard InChI is InChI=1S/C14H15BrN2O/c1-9-5-6-10(11(15)8-9)13(16)14-12(18-2)4-3-7-17-14/h3-8,13H,16H2,1-2H3. The van der Waals surface area contributed by atoms with E-state index in [1.807, 2.05) is 37.3 Å². The van der Waals surface area contributed by atoms with Gasteiger partial charge in [0.15, 0.2) is 0 Å². The van der Waals surface area contributed by atoms with Crippen molar-refractivity contribution in [1.82, 2.24) is 4.98 Å². The van der Waals surface area contributed by atoms with Crippen LogP contribution in [0.25, 0.3) is 0 Å². The SMILES string of the molecule is COc1cccnc1C(N)c1ccc(C)cc1Br. The average molecular weight is 307 g/mol. The van der Waals surface area contributed by atoms with E-state index in [-0.39, 0.29) is 6.04 Å². The molecular weight excluding hydrogens is 292 g/mol. The Hall–Kier alpha value is -1.39. The van der Waals surface area contributed by atoms with Crippen molar-refractivity contribution < 1.29 is 4.74 Å². The van der Waals surface area contributed by atoms with Crippen molar-refractivity contribution >= 4 is 15.9 Å². The molecule has 2 N–H and O–H groups in total. The van der Waals surface area contributed by atoms with Gasteiger partial charge >= 0.3 is 0 Å². The first kappa shape index (κ1) is 13.1. The van der Waals surface area contributed by atoms with Gasteiger partial charge < -0.3 is 10.5 Å². The lowest BCUT2D eigenvalue weighted by Crippen LogP contribution is -2.15. The van der Waals surface area contributed by atoms with Crippen LogP contribution in [0.1, 0.15) is 22.9 Å². The van der Waals surface area contributed by atoms with Gasteiger partial charge in [0.1, 0.15) is 11.4 Å². The van der Waals surface area contributed by atoms with E-state index in [0.29, 0.717) is 5.75 Å². The van der Waals surface area contributed by atoms with E-state index < -0.39 is 0 Å². The van der Waals surface area contributed by atoms with Gasteiger partial charge in [-0.15, -0.1) is 0 Å². The Labute approximate surface area is 115 Å². The zero-order valence-electron chi connectivity index (χ0n) is 10.4. The molecule has 0 saturated carbocycles. The second kappa shape index (κ2) is 5.50. The number of halogens is 1. The van der Waals surface area contributed by atoms with Gasteiger partial charge in [0, 0.05) is 10.7 Å². The summed E-state index contributed by atoms with van der Waals surface area (Å²) in [7, 11) is 1.62.